The molecule has 1 N–H and O–H groups in total. The molecule has 2 aromatic rings. The molecule has 2 amide bonds. The molecule has 0 radical (unpaired) electrons. The molecule has 21 heavy (non-hydrogen) atoms. The van der Waals surface area contributed by atoms with Gasteiger partial charge in [0.05, 0.1) is 5.01 Å². The van der Waals surface area contributed by atoms with Gasteiger partial charge in [-0.1, -0.05) is 17.7 Å². The van der Waals surface area contributed by atoms with Crippen molar-refractivity contribution < 1.29 is 4.79 Å². The number of thiazole rings is 1. The van der Waals surface area contributed by atoms with Crippen molar-refractivity contribution in [3.8, 4) is 0 Å². The van der Waals surface area contributed by atoms with Crippen molar-refractivity contribution in [2.45, 2.75) is 19.4 Å². The van der Waals surface area contributed by atoms with Crippen molar-refractivity contribution >= 4 is 29.0 Å². The number of halogens is 1. The van der Waals surface area contributed by atoms with Crippen molar-refractivity contribution in [3.63, 3.8) is 0 Å². The minimum Gasteiger partial charge on any atom is -0.338 e. The molecule has 3 rings (SSSR count). The third-order valence-corrected chi connectivity index (χ3v) is 4.64. The van der Waals surface area contributed by atoms with Gasteiger partial charge in [-0.15, -0.1) is 11.3 Å². The highest BCUT2D eigenvalue weighted by molar-refractivity contribution is 7.09. The summed E-state index contributed by atoms with van der Waals surface area (Å²) in [7, 11) is 0. The highest BCUT2D eigenvalue weighted by Gasteiger charge is 2.20. The molecule has 1 aromatic heterocycles. The third kappa shape index (κ3) is 3.54. The standard InChI is InChI=1S/C15H16ClN3OS/c16-13-2-1-12-10-19(7-4-11(12)9-13)15(20)18-5-3-14-17-6-8-21-14/h1-2,6,8-9H,3-5,7,10H2,(H,18,20). The second kappa shape index (κ2) is 6.45. The Morgan fingerprint density at radius 3 is 3.14 bits per heavy atom. The van der Waals surface area contributed by atoms with Crippen molar-refractivity contribution in [1.82, 2.24) is 15.2 Å². The smallest absolute Gasteiger partial charge is 0.317 e. The van der Waals surface area contributed by atoms with Crippen LogP contribution in [0.2, 0.25) is 5.02 Å². The number of nitrogens with one attached hydrogen (secondary N) is 1. The minimum atomic E-state index is -0.00726. The first-order valence-electron chi connectivity index (χ1n) is 6.91. The molecular formula is C15H16ClN3OS. The number of nitrogens with zero attached hydrogens (tertiary/aromatic N) is 2. The van der Waals surface area contributed by atoms with E-state index in [-0.39, 0.29) is 6.03 Å². The fraction of sp³-hybridized carbons (Fsp3) is 0.333. The van der Waals surface area contributed by atoms with Crippen LogP contribution in [0.4, 0.5) is 4.79 Å². The number of amides is 2. The summed E-state index contributed by atoms with van der Waals surface area (Å²) in [6, 6.07) is 5.87. The van der Waals surface area contributed by atoms with Gasteiger partial charge in [-0.3, -0.25) is 0 Å². The number of rotatable bonds is 3. The van der Waals surface area contributed by atoms with Crippen molar-refractivity contribution in [2.24, 2.45) is 0 Å². The van der Waals surface area contributed by atoms with Crippen LogP contribution in [0.1, 0.15) is 16.1 Å². The summed E-state index contributed by atoms with van der Waals surface area (Å²) in [6.45, 7) is 2.00. The fourth-order valence-electron chi connectivity index (χ4n) is 2.46. The maximum absolute atomic E-state index is 12.2. The van der Waals surface area contributed by atoms with Gasteiger partial charge in [-0.2, -0.15) is 0 Å². The van der Waals surface area contributed by atoms with Crippen LogP contribution in [-0.2, 0) is 19.4 Å². The fourth-order valence-corrected chi connectivity index (χ4v) is 3.27. The third-order valence-electron chi connectivity index (χ3n) is 3.57. The Hall–Kier alpha value is -1.59. The number of carbonyl (C=O) groups is 1. The zero-order valence-electron chi connectivity index (χ0n) is 11.5. The van der Waals surface area contributed by atoms with Gasteiger partial charge in [0, 0.05) is 42.7 Å². The first-order chi connectivity index (χ1) is 10.2. The van der Waals surface area contributed by atoms with E-state index in [9.17, 15) is 4.79 Å². The maximum Gasteiger partial charge on any atom is 0.317 e. The van der Waals surface area contributed by atoms with Crippen molar-refractivity contribution in [3.05, 3.63) is 50.9 Å². The van der Waals surface area contributed by atoms with E-state index in [1.807, 2.05) is 28.5 Å². The topological polar surface area (TPSA) is 45.2 Å². The van der Waals surface area contributed by atoms with Crippen LogP contribution in [-0.4, -0.2) is 29.0 Å². The van der Waals surface area contributed by atoms with E-state index in [1.165, 1.54) is 11.1 Å². The van der Waals surface area contributed by atoms with E-state index in [4.69, 9.17) is 11.6 Å². The Labute approximate surface area is 132 Å². The number of benzene rings is 1. The van der Waals surface area contributed by atoms with Crippen LogP contribution < -0.4 is 5.32 Å². The van der Waals surface area contributed by atoms with Crippen molar-refractivity contribution in [1.29, 1.82) is 0 Å². The molecule has 0 aliphatic carbocycles. The van der Waals surface area contributed by atoms with Crippen LogP contribution in [0.5, 0.6) is 0 Å². The summed E-state index contributed by atoms with van der Waals surface area (Å²) in [6.07, 6.45) is 3.42. The van der Waals surface area contributed by atoms with Crippen LogP contribution in [0.15, 0.2) is 29.8 Å². The first kappa shape index (κ1) is 14.4. The summed E-state index contributed by atoms with van der Waals surface area (Å²) >= 11 is 7.61. The molecule has 2 heterocycles. The number of hydrogen-bond acceptors (Lipinski definition) is 3. The zero-order chi connectivity index (χ0) is 14.7. The molecule has 0 atom stereocenters. The van der Waals surface area contributed by atoms with Gasteiger partial charge < -0.3 is 10.2 Å². The maximum atomic E-state index is 12.2. The summed E-state index contributed by atoms with van der Waals surface area (Å²) in [5.41, 5.74) is 2.43. The highest BCUT2D eigenvalue weighted by Crippen LogP contribution is 2.22. The average molecular weight is 322 g/mol. The van der Waals surface area contributed by atoms with Crippen LogP contribution >= 0.6 is 22.9 Å². The summed E-state index contributed by atoms with van der Waals surface area (Å²) in [5, 5.41) is 6.72. The molecule has 0 saturated carbocycles. The number of fused-ring (bicyclic) bond motifs is 1. The van der Waals surface area contributed by atoms with Gasteiger partial charge in [-0.05, 0) is 29.7 Å². The molecule has 0 fully saturated rings. The Kier molecular flexibility index (Phi) is 4.41. The molecule has 6 heteroatoms. The molecule has 0 bridgehead atoms. The second-order valence-electron chi connectivity index (χ2n) is 4.99. The lowest BCUT2D eigenvalue weighted by atomic mass is 10.0. The Balaban J connectivity index is 1.53. The molecule has 0 unspecified atom stereocenters. The predicted octanol–water partition coefficient (Wildman–Crippen LogP) is 3.11. The van der Waals surface area contributed by atoms with Crippen molar-refractivity contribution in [2.75, 3.05) is 13.1 Å². The summed E-state index contributed by atoms with van der Waals surface area (Å²) in [5.74, 6) is 0. The normalized spacial score (nSPS) is 13.9. The number of urea groups is 1. The average Bonchev–Trinajstić information content (AvgIpc) is 3.00. The Morgan fingerprint density at radius 2 is 2.33 bits per heavy atom. The number of hydrogen-bond donors (Lipinski definition) is 1. The van der Waals surface area contributed by atoms with Crippen LogP contribution in [0.25, 0.3) is 0 Å². The van der Waals surface area contributed by atoms with E-state index in [0.29, 0.717) is 13.1 Å². The molecule has 4 nitrogen and oxygen atoms in total. The van der Waals surface area contributed by atoms with Gasteiger partial charge in [-0.25, -0.2) is 9.78 Å². The van der Waals surface area contributed by atoms with Gasteiger partial charge >= 0.3 is 6.03 Å². The van der Waals surface area contributed by atoms with Gasteiger partial charge in [0.15, 0.2) is 0 Å². The molecule has 0 saturated heterocycles. The predicted molar refractivity (Wildman–Crippen MR) is 84.8 cm³/mol. The lowest BCUT2D eigenvalue weighted by Crippen LogP contribution is -2.43. The first-order valence-corrected chi connectivity index (χ1v) is 8.16. The Morgan fingerprint density at radius 1 is 1.43 bits per heavy atom. The number of aromatic nitrogens is 1. The van der Waals surface area contributed by atoms with Crippen LogP contribution in [0, 0.1) is 0 Å². The van der Waals surface area contributed by atoms with E-state index >= 15 is 0 Å². The summed E-state index contributed by atoms with van der Waals surface area (Å²) in [4.78, 5) is 18.2. The van der Waals surface area contributed by atoms with E-state index in [1.54, 1.807) is 17.5 Å². The molecule has 0 spiro atoms. The van der Waals surface area contributed by atoms with E-state index in [0.717, 1.165) is 29.4 Å². The summed E-state index contributed by atoms with van der Waals surface area (Å²) < 4.78 is 0. The molecule has 1 aliphatic rings. The number of carbonyl (C=O) groups excluding carboxylic acids is 1. The minimum absolute atomic E-state index is 0.00726. The van der Waals surface area contributed by atoms with E-state index in [2.05, 4.69) is 10.3 Å². The van der Waals surface area contributed by atoms with E-state index < -0.39 is 0 Å². The lowest BCUT2D eigenvalue weighted by Gasteiger charge is -2.29. The zero-order valence-corrected chi connectivity index (χ0v) is 13.1. The second-order valence-corrected chi connectivity index (χ2v) is 6.41. The van der Waals surface area contributed by atoms with Gasteiger partial charge in [0.25, 0.3) is 0 Å². The quantitative estimate of drug-likeness (QED) is 0.944. The largest absolute Gasteiger partial charge is 0.338 e. The molecule has 1 aromatic carbocycles. The highest BCUT2D eigenvalue weighted by atomic mass is 35.5. The van der Waals surface area contributed by atoms with Gasteiger partial charge in [0.2, 0.25) is 0 Å². The SMILES string of the molecule is O=C(NCCc1nccs1)N1CCc2cc(Cl)ccc2C1. The monoisotopic (exact) mass is 321 g/mol. The lowest BCUT2D eigenvalue weighted by molar-refractivity contribution is 0.192. The molecule has 1 aliphatic heterocycles. The Bertz CT molecular complexity index is 630. The molecular weight excluding hydrogens is 306 g/mol. The van der Waals surface area contributed by atoms with Crippen LogP contribution in [0.3, 0.4) is 0 Å². The van der Waals surface area contributed by atoms with Gasteiger partial charge in [0.1, 0.15) is 0 Å². The molecule has 110 valence electrons.